The third kappa shape index (κ3) is 5.99. The summed E-state index contributed by atoms with van der Waals surface area (Å²) in [5, 5.41) is 2.26. The molecule has 3 nitrogen and oxygen atoms in total. The number of carbonyl (C=O) groups excluding carboxylic acids is 1. The van der Waals surface area contributed by atoms with Crippen LogP contribution < -0.4 is 0 Å². The van der Waals surface area contributed by atoms with Gasteiger partial charge < -0.3 is 9.47 Å². The van der Waals surface area contributed by atoms with Crippen molar-refractivity contribution < 1.29 is 23.0 Å². The molecule has 0 atom stereocenters. The molecule has 0 radical (unpaired) electrons. The minimum absolute atomic E-state index is 0.172. The van der Waals surface area contributed by atoms with E-state index in [2.05, 4.69) is 43.7 Å². The number of carbonyl (C=O) groups is 1. The second-order valence-electron chi connectivity index (χ2n) is 7.39. The average molecular weight is 378 g/mol. The molecular formula is C22H28F2O3. The molecule has 0 amide bonds. The molecule has 0 spiro atoms. The summed E-state index contributed by atoms with van der Waals surface area (Å²) in [5.41, 5.74) is 2.42. The maximum absolute atomic E-state index is 12.6. The molecule has 0 saturated carbocycles. The van der Waals surface area contributed by atoms with Crippen LogP contribution in [0.3, 0.4) is 0 Å². The van der Waals surface area contributed by atoms with Crippen LogP contribution in [0.4, 0.5) is 8.78 Å². The number of fused-ring (bicyclic) bond motifs is 1. The SMILES string of the molecule is CCC(C)(CC)c1ccc2cc(COCC(=O)OCC(C)(F)F)ccc2c1. The number of rotatable bonds is 9. The van der Waals surface area contributed by atoms with Crippen LogP contribution in [0, 0.1) is 0 Å². The molecule has 0 bridgehead atoms. The van der Waals surface area contributed by atoms with E-state index in [1.807, 2.05) is 18.2 Å². The summed E-state index contributed by atoms with van der Waals surface area (Å²) in [6.45, 7) is 6.34. The molecule has 0 fully saturated rings. The Morgan fingerprint density at radius 2 is 1.63 bits per heavy atom. The van der Waals surface area contributed by atoms with Crippen LogP contribution in [0.1, 0.15) is 51.7 Å². The molecule has 0 N–H and O–H groups in total. The molecule has 0 heterocycles. The smallest absolute Gasteiger partial charge is 0.332 e. The maximum Gasteiger partial charge on any atom is 0.332 e. The lowest BCUT2D eigenvalue weighted by molar-refractivity contribution is -0.159. The number of hydrogen-bond donors (Lipinski definition) is 0. The van der Waals surface area contributed by atoms with Crippen molar-refractivity contribution in [3.05, 3.63) is 47.5 Å². The summed E-state index contributed by atoms with van der Waals surface area (Å²) in [6, 6.07) is 12.5. The molecule has 2 aromatic rings. The van der Waals surface area contributed by atoms with Crippen LogP contribution in [-0.4, -0.2) is 25.1 Å². The molecule has 2 aromatic carbocycles. The van der Waals surface area contributed by atoms with E-state index in [0.29, 0.717) is 6.92 Å². The van der Waals surface area contributed by atoms with E-state index in [1.165, 1.54) is 5.56 Å². The third-order valence-corrected chi connectivity index (χ3v) is 5.14. The first-order valence-corrected chi connectivity index (χ1v) is 9.31. The van der Waals surface area contributed by atoms with E-state index >= 15 is 0 Å². The Morgan fingerprint density at radius 1 is 1.00 bits per heavy atom. The van der Waals surface area contributed by atoms with Crippen molar-refractivity contribution in [2.45, 2.75) is 58.5 Å². The van der Waals surface area contributed by atoms with Gasteiger partial charge in [0.25, 0.3) is 5.92 Å². The van der Waals surface area contributed by atoms with Gasteiger partial charge in [-0.3, -0.25) is 0 Å². The van der Waals surface area contributed by atoms with E-state index in [-0.39, 0.29) is 18.6 Å². The van der Waals surface area contributed by atoms with Gasteiger partial charge in [0.15, 0.2) is 6.61 Å². The molecule has 0 aliphatic heterocycles. The van der Waals surface area contributed by atoms with Gasteiger partial charge in [0.05, 0.1) is 6.61 Å². The second kappa shape index (κ2) is 8.79. The average Bonchev–Trinajstić information content (AvgIpc) is 2.64. The van der Waals surface area contributed by atoms with Crippen molar-refractivity contribution >= 4 is 16.7 Å². The highest BCUT2D eigenvalue weighted by molar-refractivity contribution is 5.84. The summed E-state index contributed by atoms with van der Waals surface area (Å²) >= 11 is 0. The monoisotopic (exact) mass is 378 g/mol. The Balaban J connectivity index is 1.98. The summed E-state index contributed by atoms with van der Waals surface area (Å²) < 4.78 is 35.1. The lowest BCUT2D eigenvalue weighted by Crippen LogP contribution is -2.23. The van der Waals surface area contributed by atoms with Gasteiger partial charge in [-0.15, -0.1) is 0 Å². The number of halogens is 2. The first kappa shape index (κ1) is 21.3. The predicted molar refractivity (Wildman–Crippen MR) is 103 cm³/mol. The van der Waals surface area contributed by atoms with Crippen LogP contribution in [0.2, 0.25) is 0 Å². The topological polar surface area (TPSA) is 35.5 Å². The number of benzene rings is 2. The highest BCUT2D eigenvalue weighted by atomic mass is 19.3. The van der Waals surface area contributed by atoms with Crippen molar-refractivity contribution in [2.24, 2.45) is 0 Å². The molecule has 0 unspecified atom stereocenters. The van der Waals surface area contributed by atoms with Gasteiger partial charge >= 0.3 is 5.97 Å². The number of hydrogen-bond acceptors (Lipinski definition) is 3. The van der Waals surface area contributed by atoms with E-state index in [0.717, 1.165) is 29.2 Å². The minimum atomic E-state index is -3.03. The van der Waals surface area contributed by atoms with Gasteiger partial charge in [-0.25, -0.2) is 13.6 Å². The Kier molecular flexibility index (Phi) is 6.93. The normalized spacial score (nSPS) is 12.4. The first-order valence-electron chi connectivity index (χ1n) is 9.31. The van der Waals surface area contributed by atoms with Gasteiger partial charge in [0, 0.05) is 6.92 Å². The summed E-state index contributed by atoms with van der Waals surface area (Å²) in [4.78, 5) is 11.4. The highest BCUT2D eigenvalue weighted by Gasteiger charge is 2.24. The highest BCUT2D eigenvalue weighted by Crippen LogP contribution is 2.33. The van der Waals surface area contributed by atoms with Crippen molar-refractivity contribution in [1.82, 2.24) is 0 Å². The molecular weight excluding hydrogens is 350 g/mol. The zero-order chi connectivity index (χ0) is 20.1. The predicted octanol–water partition coefficient (Wildman–Crippen LogP) is 5.63. The zero-order valence-electron chi connectivity index (χ0n) is 16.5. The molecule has 5 heteroatoms. The molecule has 0 aliphatic carbocycles. The number of esters is 1. The summed E-state index contributed by atoms with van der Waals surface area (Å²) in [6.07, 6.45) is 2.17. The van der Waals surface area contributed by atoms with E-state index in [4.69, 9.17) is 4.74 Å². The molecule has 27 heavy (non-hydrogen) atoms. The van der Waals surface area contributed by atoms with Crippen LogP contribution >= 0.6 is 0 Å². The fraction of sp³-hybridized carbons (Fsp3) is 0.500. The maximum atomic E-state index is 12.6. The third-order valence-electron chi connectivity index (χ3n) is 5.14. The fourth-order valence-corrected chi connectivity index (χ4v) is 2.92. The Bertz CT molecular complexity index is 777. The molecule has 148 valence electrons. The van der Waals surface area contributed by atoms with Crippen molar-refractivity contribution in [3.8, 4) is 0 Å². The fourth-order valence-electron chi connectivity index (χ4n) is 2.92. The Morgan fingerprint density at radius 3 is 2.26 bits per heavy atom. The van der Waals surface area contributed by atoms with Gasteiger partial charge in [-0.05, 0) is 46.2 Å². The van der Waals surface area contributed by atoms with Gasteiger partial charge in [-0.2, -0.15) is 0 Å². The number of ether oxygens (including phenoxy) is 2. The molecule has 0 aliphatic rings. The van der Waals surface area contributed by atoms with Gasteiger partial charge in [0.2, 0.25) is 0 Å². The summed E-state index contributed by atoms with van der Waals surface area (Å²) in [7, 11) is 0. The molecule has 0 aromatic heterocycles. The minimum Gasteiger partial charge on any atom is -0.458 e. The zero-order valence-corrected chi connectivity index (χ0v) is 16.5. The van der Waals surface area contributed by atoms with Crippen molar-refractivity contribution in [1.29, 1.82) is 0 Å². The first-order chi connectivity index (χ1) is 12.7. The van der Waals surface area contributed by atoms with Crippen molar-refractivity contribution in [2.75, 3.05) is 13.2 Å². The molecule has 0 saturated heterocycles. The van der Waals surface area contributed by atoms with Gasteiger partial charge in [0.1, 0.15) is 6.61 Å². The van der Waals surface area contributed by atoms with Crippen LogP contribution in [0.25, 0.3) is 10.8 Å². The summed E-state index contributed by atoms with van der Waals surface area (Å²) in [5.74, 6) is -3.82. The Labute approximate surface area is 159 Å². The van der Waals surface area contributed by atoms with E-state index < -0.39 is 18.5 Å². The number of alkyl halides is 2. The second-order valence-corrected chi connectivity index (χ2v) is 7.39. The lowest BCUT2D eigenvalue weighted by Gasteiger charge is -2.27. The van der Waals surface area contributed by atoms with E-state index in [9.17, 15) is 13.6 Å². The standard InChI is InChI=1S/C22H28F2O3/c1-5-21(3,6-2)19-10-9-17-11-16(7-8-18(17)12-19)13-26-14-20(25)27-15-22(4,23)24/h7-12H,5-6,13-15H2,1-4H3. The van der Waals surface area contributed by atoms with Crippen LogP contribution in [-0.2, 0) is 26.3 Å². The van der Waals surface area contributed by atoms with Crippen LogP contribution in [0.15, 0.2) is 36.4 Å². The Hall–Kier alpha value is -2.01. The molecule has 2 rings (SSSR count). The van der Waals surface area contributed by atoms with Crippen LogP contribution in [0.5, 0.6) is 0 Å². The largest absolute Gasteiger partial charge is 0.458 e. The quantitative estimate of drug-likeness (QED) is 0.530. The van der Waals surface area contributed by atoms with Crippen molar-refractivity contribution in [3.63, 3.8) is 0 Å². The van der Waals surface area contributed by atoms with Gasteiger partial charge in [-0.1, -0.05) is 51.1 Å². The van der Waals surface area contributed by atoms with E-state index in [1.54, 1.807) is 0 Å². The lowest BCUT2D eigenvalue weighted by atomic mass is 9.77.